The molecule has 0 unspecified atom stereocenters. The van der Waals surface area contributed by atoms with Crippen LogP contribution in [0, 0.1) is 0 Å². The number of nitrogens with two attached hydrogens (primary N) is 2. The van der Waals surface area contributed by atoms with Gasteiger partial charge in [0.15, 0.2) is 6.54 Å². The van der Waals surface area contributed by atoms with Crippen molar-refractivity contribution in [3.8, 4) is 0 Å². The summed E-state index contributed by atoms with van der Waals surface area (Å²) in [6, 6.07) is 5.81. The maximum atomic E-state index is 11.6. The second kappa shape index (κ2) is 7.19. The third-order valence-electron chi connectivity index (χ3n) is 2.30. The van der Waals surface area contributed by atoms with Gasteiger partial charge in [0.25, 0.3) is 5.91 Å². The molecular weight excluding hydrogens is 270 g/mol. The predicted molar refractivity (Wildman–Crippen MR) is 70.0 cm³/mol. The lowest BCUT2D eigenvalue weighted by molar-refractivity contribution is -0.645. The van der Waals surface area contributed by atoms with Crippen LogP contribution in [0.1, 0.15) is 0 Å². The van der Waals surface area contributed by atoms with Crippen molar-refractivity contribution in [3.05, 3.63) is 24.3 Å². The zero-order valence-corrected chi connectivity index (χ0v) is 11.4. The Kier molecular flexibility index (Phi) is 5.90. The molecular formula is C11H18N3O4S+. The SMILES string of the molecule is COCC[NH2+]CC(=O)Nc1cccc(S(N)(=O)=O)c1. The standard InChI is InChI=1S/C11H17N3O4S/c1-18-6-5-13-8-11(15)14-9-3-2-4-10(7-9)19(12,16)17/h2-4,7,13H,5-6,8H2,1H3,(H,14,15)(H2,12,16,17)/p+1. The maximum absolute atomic E-state index is 11.6. The first kappa shape index (κ1) is 15.6. The fraction of sp³-hybridized carbons (Fsp3) is 0.364. The van der Waals surface area contributed by atoms with Crippen molar-refractivity contribution in [1.82, 2.24) is 0 Å². The average Bonchev–Trinajstić information content (AvgIpc) is 2.34. The minimum absolute atomic E-state index is 0.0336. The van der Waals surface area contributed by atoms with Crippen LogP contribution in [0.3, 0.4) is 0 Å². The van der Waals surface area contributed by atoms with Gasteiger partial charge in [-0.3, -0.25) is 4.79 Å². The first-order valence-corrected chi connectivity index (χ1v) is 7.21. The quantitative estimate of drug-likeness (QED) is 0.529. The van der Waals surface area contributed by atoms with Crippen LogP contribution in [0.4, 0.5) is 5.69 Å². The van der Waals surface area contributed by atoms with E-state index in [1.165, 1.54) is 18.2 Å². The molecule has 0 spiro atoms. The molecule has 0 fully saturated rings. The number of hydrogen-bond acceptors (Lipinski definition) is 4. The van der Waals surface area contributed by atoms with E-state index in [-0.39, 0.29) is 17.3 Å². The Hall–Kier alpha value is -1.48. The van der Waals surface area contributed by atoms with Crippen LogP contribution in [-0.4, -0.2) is 41.1 Å². The van der Waals surface area contributed by atoms with Gasteiger partial charge in [-0.25, -0.2) is 13.6 Å². The van der Waals surface area contributed by atoms with Crippen molar-refractivity contribution in [3.63, 3.8) is 0 Å². The molecule has 0 bridgehead atoms. The van der Waals surface area contributed by atoms with Gasteiger partial charge in [0.2, 0.25) is 10.0 Å². The summed E-state index contributed by atoms with van der Waals surface area (Å²) in [5.41, 5.74) is 0.400. The van der Waals surface area contributed by atoms with Crippen LogP contribution in [0.5, 0.6) is 0 Å². The molecule has 0 saturated heterocycles. The Labute approximate surface area is 112 Å². The van der Waals surface area contributed by atoms with Crippen LogP contribution in [0.15, 0.2) is 29.2 Å². The normalized spacial score (nSPS) is 11.3. The molecule has 1 aromatic carbocycles. The minimum Gasteiger partial charge on any atom is -0.379 e. The molecule has 5 N–H and O–H groups in total. The van der Waals surface area contributed by atoms with Crippen LogP contribution >= 0.6 is 0 Å². The van der Waals surface area contributed by atoms with Gasteiger partial charge in [0.1, 0.15) is 0 Å². The molecule has 0 aliphatic carbocycles. The summed E-state index contributed by atoms with van der Waals surface area (Å²) in [5, 5.41) is 9.40. The third-order valence-corrected chi connectivity index (χ3v) is 3.21. The highest BCUT2D eigenvalue weighted by Gasteiger charge is 2.09. The number of nitrogens with one attached hydrogen (secondary N) is 1. The van der Waals surface area contributed by atoms with E-state index in [9.17, 15) is 13.2 Å². The summed E-state index contributed by atoms with van der Waals surface area (Å²) < 4.78 is 27.2. The van der Waals surface area contributed by atoms with Crippen molar-refractivity contribution in [2.24, 2.45) is 5.14 Å². The van der Waals surface area contributed by atoms with E-state index >= 15 is 0 Å². The van der Waals surface area contributed by atoms with Crippen LogP contribution < -0.4 is 15.8 Å². The number of sulfonamides is 1. The molecule has 0 saturated carbocycles. The van der Waals surface area contributed by atoms with Crippen molar-refractivity contribution in [2.45, 2.75) is 4.90 Å². The van der Waals surface area contributed by atoms with Gasteiger partial charge in [-0.2, -0.15) is 0 Å². The number of amides is 1. The number of carbonyl (C=O) groups is 1. The zero-order valence-electron chi connectivity index (χ0n) is 10.6. The van der Waals surface area contributed by atoms with Crippen molar-refractivity contribution >= 4 is 21.6 Å². The monoisotopic (exact) mass is 288 g/mol. The summed E-state index contributed by atoms with van der Waals surface area (Å²) in [4.78, 5) is 11.5. The second-order valence-electron chi connectivity index (χ2n) is 3.90. The molecule has 7 nitrogen and oxygen atoms in total. The molecule has 19 heavy (non-hydrogen) atoms. The third kappa shape index (κ3) is 5.79. The molecule has 1 aromatic rings. The first-order valence-electron chi connectivity index (χ1n) is 5.67. The molecule has 0 radical (unpaired) electrons. The van der Waals surface area contributed by atoms with Crippen molar-refractivity contribution in [2.75, 3.05) is 32.1 Å². The molecule has 0 heterocycles. The highest BCUT2D eigenvalue weighted by molar-refractivity contribution is 7.89. The Morgan fingerprint density at radius 1 is 1.47 bits per heavy atom. The lowest BCUT2D eigenvalue weighted by Crippen LogP contribution is -2.87. The fourth-order valence-corrected chi connectivity index (χ4v) is 1.96. The predicted octanol–water partition coefficient (Wildman–Crippen LogP) is -1.52. The zero-order chi connectivity index (χ0) is 14.3. The molecule has 106 valence electrons. The highest BCUT2D eigenvalue weighted by Crippen LogP contribution is 2.13. The van der Waals surface area contributed by atoms with Gasteiger partial charge < -0.3 is 15.4 Å². The molecule has 0 aromatic heterocycles. The van der Waals surface area contributed by atoms with E-state index in [0.29, 0.717) is 18.8 Å². The average molecular weight is 288 g/mol. The number of methoxy groups -OCH3 is 1. The molecule has 0 aliphatic rings. The van der Waals surface area contributed by atoms with Gasteiger partial charge in [0.05, 0.1) is 18.0 Å². The Balaban J connectivity index is 2.55. The van der Waals surface area contributed by atoms with E-state index in [1.54, 1.807) is 18.5 Å². The van der Waals surface area contributed by atoms with E-state index < -0.39 is 10.0 Å². The molecule has 8 heteroatoms. The molecule has 0 atom stereocenters. The molecule has 0 aliphatic heterocycles. The van der Waals surface area contributed by atoms with Gasteiger partial charge in [0, 0.05) is 12.8 Å². The molecule has 1 amide bonds. The van der Waals surface area contributed by atoms with E-state index in [0.717, 1.165) is 0 Å². The van der Waals surface area contributed by atoms with E-state index in [1.807, 2.05) is 0 Å². The van der Waals surface area contributed by atoms with Gasteiger partial charge in [-0.15, -0.1) is 0 Å². The van der Waals surface area contributed by atoms with Crippen LogP contribution in [0.2, 0.25) is 0 Å². The van der Waals surface area contributed by atoms with E-state index in [2.05, 4.69) is 5.32 Å². The Morgan fingerprint density at radius 2 is 2.21 bits per heavy atom. The summed E-state index contributed by atoms with van der Waals surface area (Å²) >= 11 is 0. The second-order valence-corrected chi connectivity index (χ2v) is 5.46. The first-order chi connectivity index (χ1) is 8.93. The van der Waals surface area contributed by atoms with Gasteiger partial charge >= 0.3 is 0 Å². The summed E-state index contributed by atoms with van der Waals surface area (Å²) in [6.07, 6.45) is 0. The lowest BCUT2D eigenvalue weighted by Gasteiger charge is -2.06. The number of anilines is 1. The van der Waals surface area contributed by atoms with Crippen LogP contribution in [0.25, 0.3) is 0 Å². The number of primary sulfonamides is 1. The summed E-state index contributed by atoms with van der Waals surface area (Å²) in [5.74, 6) is -0.220. The Morgan fingerprint density at radius 3 is 2.84 bits per heavy atom. The Bertz CT molecular complexity index is 530. The lowest BCUT2D eigenvalue weighted by atomic mass is 10.3. The summed E-state index contributed by atoms with van der Waals surface area (Å²) in [6.45, 7) is 1.48. The maximum Gasteiger partial charge on any atom is 0.279 e. The smallest absolute Gasteiger partial charge is 0.279 e. The number of quaternary nitrogens is 1. The van der Waals surface area contributed by atoms with Crippen LogP contribution in [-0.2, 0) is 19.6 Å². The minimum atomic E-state index is -3.76. The number of hydrogen-bond donors (Lipinski definition) is 3. The topological polar surface area (TPSA) is 115 Å². The fourth-order valence-electron chi connectivity index (χ4n) is 1.40. The number of ether oxygens (including phenoxy) is 1. The summed E-state index contributed by atoms with van der Waals surface area (Å²) in [7, 11) is -2.17. The van der Waals surface area contributed by atoms with Crippen molar-refractivity contribution < 1.29 is 23.3 Å². The number of rotatable bonds is 7. The molecule has 1 rings (SSSR count). The van der Waals surface area contributed by atoms with Gasteiger partial charge in [-0.1, -0.05) is 6.07 Å². The van der Waals surface area contributed by atoms with Gasteiger partial charge in [-0.05, 0) is 18.2 Å². The van der Waals surface area contributed by atoms with E-state index in [4.69, 9.17) is 9.88 Å². The number of carbonyl (C=O) groups excluding carboxylic acids is 1. The largest absolute Gasteiger partial charge is 0.379 e. The number of benzene rings is 1. The highest BCUT2D eigenvalue weighted by atomic mass is 32.2. The van der Waals surface area contributed by atoms with Crippen molar-refractivity contribution in [1.29, 1.82) is 0 Å².